The molecule has 1 aromatic heterocycles. The summed E-state index contributed by atoms with van der Waals surface area (Å²) >= 11 is 0. The number of benzene rings is 1. The molecule has 0 unspecified atom stereocenters. The Balaban J connectivity index is 1.88. The first-order valence-electron chi connectivity index (χ1n) is 7.65. The average molecular weight is 336 g/mol. The Morgan fingerprint density at radius 1 is 1.38 bits per heavy atom. The first-order valence-corrected chi connectivity index (χ1v) is 7.65. The predicted molar refractivity (Wildman–Crippen MR) is 81.4 cm³/mol. The predicted octanol–water partition coefficient (Wildman–Crippen LogP) is 2.15. The summed E-state index contributed by atoms with van der Waals surface area (Å²) in [5.41, 5.74) is 2.17. The summed E-state index contributed by atoms with van der Waals surface area (Å²) in [4.78, 5) is 13.1. The van der Waals surface area contributed by atoms with Crippen LogP contribution < -0.4 is 0 Å². The molecule has 2 aromatic rings. The normalized spacial score (nSPS) is 17.9. The summed E-state index contributed by atoms with van der Waals surface area (Å²) in [5, 5.41) is 16.7. The summed E-state index contributed by atoms with van der Waals surface area (Å²) < 4.78 is 27.5. The van der Waals surface area contributed by atoms with Crippen molar-refractivity contribution in [1.29, 1.82) is 0 Å². The summed E-state index contributed by atoms with van der Waals surface area (Å²) in [7, 11) is 1.43. The van der Waals surface area contributed by atoms with Crippen LogP contribution in [0, 0.1) is 0 Å². The van der Waals surface area contributed by atoms with Crippen molar-refractivity contribution >= 4 is 5.97 Å². The second kappa shape index (κ2) is 6.64. The monoisotopic (exact) mass is 336 g/mol. The van der Waals surface area contributed by atoms with Crippen LogP contribution in [0.1, 0.15) is 35.4 Å². The molecule has 0 saturated heterocycles. The molecule has 6 nitrogen and oxygen atoms in total. The van der Waals surface area contributed by atoms with Gasteiger partial charge in [0, 0.05) is 26.2 Å². The molecule has 0 saturated carbocycles. The van der Waals surface area contributed by atoms with Gasteiger partial charge in [0.05, 0.1) is 6.42 Å². The lowest BCUT2D eigenvalue weighted by atomic mass is 9.92. The van der Waals surface area contributed by atoms with Crippen LogP contribution >= 0.6 is 0 Å². The largest absolute Gasteiger partial charge is 0.481 e. The van der Waals surface area contributed by atoms with Gasteiger partial charge >= 0.3 is 5.97 Å². The summed E-state index contributed by atoms with van der Waals surface area (Å²) in [6.07, 6.45) is -2.14. The van der Waals surface area contributed by atoms with Crippen LogP contribution in [-0.2, 0) is 31.4 Å². The van der Waals surface area contributed by atoms with Crippen LogP contribution in [0.5, 0.6) is 0 Å². The molecule has 0 aliphatic carbocycles. The number of alkyl halides is 2. The molecule has 0 amide bonds. The number of rotatable bonds is 5. The molecule has 3 rings (SSSR count). The standard InChI is InChI=1S/C16H18F2N4O2/c1-21-15(16(17)18)13(19-20-21)9-22-8-11-5-3-2-4-10(11)6-12(22)7-14(23)24/h2-5,12,16H,6-9H2,1H3,(H,23,24)/t12-/m0/s1. The van der Waals surface area contributed by atoms with Crippen molar-refractivity contribution in [2.45, 2.75) is 38.4 Å². The van der Waals surface area contributed by atoms with E-state index in [1.807, 2.05) is 29.2 Å². The van der Waals surface area contributed by atoms with Crippen LogP contribution in [0.15, 0.2) is 24.3 Å². The van der Waals surface area contributed by atoms with E-state index in [4.69, 9.17) is 5.11 Å². The molecular weight excluding hydrogens is 318 g/mol. The van der Waals surface area contributed by atoms with Gasteiger partial charge in [-0.1, -0.05) is 29.5 Å². The zero-order valence-electron chi connectivity index (χ0n) is 13.2. The highest BCUT2D eigenvalue weighted by atomic mass is 19.3. The molecule has 0 spiro atoms. The molecule has 1 N–H and O–H groups in total. The van der Waals surface area contributed by atoms with Gasteiger partial charge in [-0.2, -0.15) is 0 Å². The van der Waals surface area contributed by atoms with Crippen LogP contribution in [0.4, 0.5) is 8.78 Å². The first-order chi connectivity index (χ1) is 11.5. The Morgan fingerprint density at radius 3 is 2.75 bits per heavy atom. The number of nitrogens with zero attached hydrogens (tertiary/aromatic N) is 4. The maximum atomic E-state index is 13.2. The van der Waals surface area contributed by atoms with E-state index in [1.54, 1.807) is 0 Å². The fourth-order valence-electron chi connectivity index (χ4n) is 3.21. The van der Waals surface area contributed by atoms with Crippen LogP contribution in [0.3, 0.4) is 0 Å². The van der Waals surface area contributed by atoms with Crippen molar-refractivity contribution in [3.05, 3.63) is 46.8 Å². The summed E-state index contributed by atoms with van der Waals surface area (Å²) in [6, 6.07) is 7.54. The van der Waals surface area contributed by atoms with Crippen LogP contribution in [0.25, 0.3) is 0 Å². The number of halogens is 2. The summed E-state index contributed by atoms with van der Waals surface area (Å²) in [6.45, 7) is 0.660. The molecule has 0 radical (unpaired) electrons. The number of carboxylic acid groups (broad SMARTS) is 1. The van der Waals surface area contributed by atoms with Crippen molar-refractivity contribution in [2.24, 2.45) is 7.05 Å². The third kappa shape index (κ3) is 3.28. The first kappa shape index (κ1) is 16.5. The maximum absolute atomic E-state index is 13.2. The number of hydrogen-bond acceptors (Lipinski definition) is 4. The Labute approximate surface area is 137 Å². The Hall–Kier alpha value is -2.35. The number of fused-ring (bicyclic) bond motifs is 1. The highest BCUT2D eigenvalue weighted by Gasteiger charge is 2.30. The minimum absolute atomic E-state index is 0.0430. The molecule has 0 bridgehead atoms. The average Bonchev–Trinajstić information content (AvgIpc) is 2.88. The molecule has 0 fully saturated rings. The van der Waals surface area contributed by atoms with Crippen molar-refractivity contribution < 1.29 is 18.7 Å². The van der Waals surface area contributed by atoms with Gasteiger partial charge in [-0.3, -0.25) is 9.69 Å². The number of aliphatic carboxylic acids is 1. The van der Waals surface area contributed by atoms with Gasteiger partial charge in [-0.25, -0.2) is 13.5 Å². The fraction of sp³-hybridized carbons (Fsp3) is 0.438. The van der Waals surface area contributed by atoms with Gasteiger partial charge in [-0.05, 0) is 17.5 Å². The van der Waals surface area contributed by atoms with E-state index in [9.17, 15) is 13.6 Å². The van der Waals surface area contributed by atoms with E-state index in [0.29, 0.717) is 13.0 Å². The molecular formula is C16H18F2N4O2. The van der Waals surface area contributed by atoms with Crippen LogP contribution in [-0.4, -0.2) is 37.0 Å². The molecule has 1 aromatic carbocycles. The van der Waals surface area contributed by atoms with Gasteiger partial charge in [0.1, 0.15) is 11.4 Å². The van der Waals surface area contributed by atoms with Gasteiger partial charge < -0.3 is 5.11 Å². The lowest BCUT2D eigenvalue weighted by molar-refractivity contribution is -0.138. The molecule has 1 aliphatic rings. The van der Waals surface area contributed by atoms with Crippen molar-refractivity contribution in [3.63, 3.8) is 0 Å². The van der Waals surface area contributed by atoms with E-state index < -0.39 is 12.4 Å². The van der Waals surface area contributed by atoms with Gasteiger partial charge in [0.15, 0.2) is 0 Å². The van der Waals surface area contributed by atoms with Gasteiger partial charge in [-0.15, -0.1) is 5.10 Å². The van der Waals surface area contributed by atoms with E-state index in [-0.39, 0.29) is 30.4 Å². The van der Waals surface area contributed by atoms with Crippen LogP contribution in [0.2, 0.25) is 0 Å². The topological polar surface area (TPSA) is 71.2 Å². The second-order valence-electron chi connectivity index (χ2n) is 5.98. The lowest BCUT2D eigenvalue weighted by Gasteiger charge is -2.35. The third-order valence-electron chi connectivity index (χ3n) is 4.38. The number of carbonyl (C=O) groups is 1. The molecule has 1 aliphatic heterocycles. The molecule has 2 heterocycles. The summed E-state index contributed by atoms with van der Waals surface area (Å²) in [5.74, 6) is -0.905. The lowest BCUT2D eigenvalue weighted by Crippen LogP contribution is -2.41. The van der Waals surface area contributed by atoms with E-state index in [1.165, 1.54) is 7.05 Å². The van der Waals surface area contributed by atoms with Crippen molar-refractivity contribution in [2.75, 3.05) is 0 Å². The Bertz CT molecular complexity index is 747. The Morgan fingerprint density at radius 2 is 2.08 bits per heavy atom. The zero-order valence-corrected chi connectivity index (χ0v) is 13.2. The SMILES string of the molecule is Cn1nnc(CN2Cc3ccccc3C[C@H]2CC(=O)O)c1C(F)F. The van der Waals surface area contributed by atoms with E-state index >= 15 is 0 Å². The van der Waals surface area contributed by atoms with Gasteiger partial charge in [0.2, 0.25) is 0 Å². The van der Waals surface area contributed by atoms with Crippen molar-refractivity contribution in [1.82, 2.24) is 19.9 Å². The minimum atomic E-state index is -2.67. The third-order valence-corrected chi connectivity index (χ3v) is 4.38. The second-order valence-corrected chi connectivity index (χ2v) is 5.98. The minimum Gasteiger partial charge on any atom is -0.481 e. The molecule has 128 valence electrons. The quantitative estimate of drug-likeness (QED) is 0.906. The van der Waals surface area contributed by atoms with E-state index in [2.05, 4.69) is 10.3 Å². The molecule has 8 heteroatoms. The highest BCUT2D eigenvalue weighted by Crippen LogP contribution is 2.28. The Kier molecular flexibility index (Phi) is 4.57. The van der Waals surface area contributed by atoms with Gasteiger partial charge in [0.25, 0.3) is 6.43 Å². The number of hydrogen-bond donors (Lipinski definition) is 1. The number of carboxylic acids is 1. The zero-order chi connectivity index (χ0) is 17.3. The smallest absolute Gasteiger partial charge is 0.304 e. The van der Waals surface area contributed by atoms with E-state index in [0.717, 1.165) is 15.8 Å². The van der Waals surface area contributed by atoms with Crippen molar-refractivity contribution in [3.8, 4) is 0 Å². The fourth-order valence-corrected chi connectivity index (χ4v) is 3.21. The number of aromatic nitrogens is 3. The molecule has 24 heavy (non-hydrogen) atoms. The highest BCUT2D eigenvalue weighted by molar-refractivity contribution is 5.67. The number of aryl methyl sites for hydroxylation is 1. The maximum Gasteiger partial charge on any atom is 0.304 e. The molecule has 1 atom stereocenters.